The molecule has 0 fully saturated rings. The highest BCUT2D eigenvalue weighted by molar-refractivity contribution is 6.04. The summed E-state index contributed by atoms with van der Waals surface area (Å²) < 4.78 is 0. The van der Waals surface area contributed by atoms with Crippen molar-refractivity contribution in [1.29, 1.82) is 0 Å². The van der Waals surface area contributed by atoms with Crippen LogP contribution in [0.3, 0.4) is 0 Å². The highest BCUT2D eigenvalue weighted by Crippen LogP contribution is 2.16. The lowest BCUT2D eigenvalue weighted by Gasteiger charge is -2.07. The zero-order valence-electron chi connectivity index (χ0n) is 11.6. The first-order valence-corrected chi connectivity index (χ1v) is 6.35. The number of aryl methyl sites for hydroxylation is 1. The van der Waals surface area contributed by atoms with E-state index in [0.717, 1.165) is 11.1 Å². The maximum Gasteiger partial charge on any atom is 0.257 e. The molecule has 5 nitrogen and oxygen atoms in total. The van der Waals surface area contributed by atoms with E-state index in [2.05, 4.69) is 22.1 Å². The number of rotatable bonds is 2. The summed E-state index contributed by atoms with van der Waals surface area (Å²) in [6, 6.07) is 6.80. The van der Waals surface area contributed by atoms with Crippen molar-refractivity contribution in [3.05, 3.63) is 53.3 Å². The van der Waals surface area contributed by atoms with Crippen LogP contribution in [0.25, 0.3) is 0 Å². The first kappa shape index (κ1) is 14.6. The molecule has 21 heavy (non-hydrogen) atoms. The van der Waals surface area contributed by atoms with Gasteiger partial charge in [-0.2, -0.15) is 0 Å². The maximum absolute atomic E-state index is 12.1. The summed E-state index contributed by atoms with van der Waals surface area (Å²) >= 11 is 0. The van der Waals surface area contributed by atoms with E-state index < -0.39 is 0 Å². The van der Waals surface area contributed by atoms with Crippen molar-refractivity contribution in [2.45, 2.75) is 6.92 Å². The van der Waals surface area contributed by atoms with Crippen LogP contribution in [0.4, 0.5) is 5.69 Å². The van der Waals surface area contributed by atoms with Gasteiger partial charge in [0, 0.05) is 17.4 Å². The molecule has 0 radical (unpaired) electrons. The number of hydrogen-bond donors (Lipinski definition) is 3. The molecule has 5 heteroatoms. The smallest absolute Gasteiger partial charge is 0.257 e. The third-order valence-corrected chi connectivity index (χ3v) is 2.81. The van der Waals surface area contributed by atoms with Crippen molar-refractivity contribution in [2.75, 3.05) is 11.9 Å². The molecule has 1 heterocycles. The van der Waals surface area contributed by atoms with Gasteiger partial charge in [-0.3, -0.25) is 9.78 Å². The van der Waals surface area contributed by atoms with Crippen molar-refractivity contribution in [1.82, 2.24) is 4.98 Å². The Morgan fingerprint density at radius 1 is 1.38 bits per heavy atom. The number of benzene rings is 1. The van der Waals surface area contributed by atoms with Crippen molar-refractivity contribution in [3.8, 4) is 17.6 Å². The van der Waals surface area contributed by atoms with Gasteiger partial charge in [-0.05, 0) is 30.7 Å². The van der Waals surface area contributed by atoms with Crippen LogP contribution in [0.2, 0.25) is 0 Å². The monoisotopic (exact) mass is 281 g/mol. The van der Waals surface area contributed by atoms with Crippen molar-refractivity contribution in [3.63, 3.8) is 0 Å². The summed E-state index contributed by atoms with van der Waals surface area (Å²) in [6.07, 6.45) is 2.65. The van der Waals surface area contributed by atoms with Crippen LogP contribution in [0, 0.1) is 18.8 Å². The minimum Gasteiger partial charge on any atom is -0.506 e. The fourth-order valence-corrected chi connectivity index (χ4v) is 1.74. The van der Waals surface area contributed by atoms with Crippen LogP contribution >= 0.6 is 0 Å². The van der Waals surface area contributed by atoms with Crippen LogP contribution in [0.5, 0.6) is 5.75 Å². The maximum atomic E-state index is 12.1. The molecule has 2 aromatic rings. The van der Waals surface area contributed by atoms with E-state index in [4.69, 9.17) is 5.73 Å². The normalized spacial score (nSPS) is 9.62. The number of aromatic nitrogens is 1. The van der Waals surface area contributed by atoms with E-state index in [1.54, 1.807) is 12.1 Å². The Labute approximate surface area is 122 Å². The molecule has 1 aromatic heterocycles. The summed E-state index contributed by atoms with van der Waals surface area (Å²) in [5, 5.41) is 12.1. The number of amides is 1. The number of nitrogens with one attached hydrogen (secondary N) is 1. The quantitative estimate of drug-likeness (QED) is 0.730. The zero-order valence-corrected chi connectivity index (χ0v) is 11.6. The Bertz CT molecular complexity index is 730. The molecule has 2 rings (SSSR count). The molecule has 106 valence electrons. The first-order valence-electron chi connectivity index (χ1n) is 6.35. The SMILES string of the molecule is Cc1ccc(NC(=O)c2cncc(O)c2)cc1C#CCN. The van der Waals surface area contributed by atoms with Crippen LogP contribution in [-0.2, 0) is 0 Å². The van der Waals surface area contributed by atoms with Gasteiger partial charge >= 0.3 is 0 Å². The van der Waals surface area contributed by atoms with E-state index in [9.17, 15) is 9.90 Å². The molecule has 0 aliphatic heterocycles. The number of carbonyl (C=O) groups is 1. The molecular weight excluding hydrogens is 266 g/mol. The van der Waals surface area contributed by atoms with E-state index in [1.807, 2.05) is 13.0 Å². The molecule has 1 aromatic carbocycles. The molecule has 0 saturated carbocycles. The molecule has 0 aliphatic carbocycles. The van der Waals surface area contributed by atoms with Crippen molar-refractivity contribution < 1.29 is 9.90 Å². The number of hydrogen-bond acceptors (Lipinski definition) is 4. The second kappa shape index (κ2) is 6.55. The van der Waals surface area contributed by atoms with E-state index in [0.29, 0.717) is 5.69 Å². The number of anilines is 1. The van der Waals surface area contributed by atoms with Gasteiger partial charge < -0.3 is 16.2 Å². The Balaban J connectivity index is 2.21. The molecule has 0 unspecified atom stereocenters. The Morgan fingerprint density at radius 2 is 2.19 bits per heavy atom. The molecule has 0 saturated heterocycles. The molecule has 0 atom stereocenters. The fraction of sp³-hybridized carbons (Fsp3) is 0.125. The lowest BCUT2D eigenvalue weighted by atomic mass is 10.1. The molecule has 0 aliphatic rings. The van der Waals surface area contributed by atoms with Gasteiger partial charge in [-0.1, -0.05) is 17.9 Å². The minimum atomic E-state index is -0.347. The van der Waals surface area contributed by atoms with Crippen LogP contribution in [-0.4, -0.2) is 22.5 Å². The van der Waals surface area contributed by atoms with Gasteiger partial charge in [0.15, 0.2) is 0 Å². The number of aromatic hydroxyl groups is 1. The standard InChI is InChI=1S/C16H15N3O2/c1-11-4-5-14(7-12(11)3-2-6-17)19-16(21)13-8-15(20)10-18-9-13/h4-5,7-10,20H,6,17H2,1H3,(H,19,21). The average Bonchev–Trinajstić information content (AvgIpc) is 2.47. The van der Waals surface area contributed by atoms with Gasteiger partial charge in [0.25, 0.3) is 5.91 Å². The highest BCUT2D eigenvalue weighted by Gasteiger charge is 2.08. The predicted octanol–water partition coefficient (Wildman–Crippen LogP) is 1.66. The molecule has 0 bridgehead atoms. The highest BCUT2D eigenvalue weighted by atomic mass is 16.3. The minimum absolute atomic E-state index is 0.0546. The number of nitrogens with zero attached hydrogens (tertiary/aromatic N) is 1. The Kier molecular flexibility index (Phi) is 4.54. The summed E-state index contributed by atoms with van der Waals surface area (Å²) in [7, 11) is 0. The van der Waals surface area contributed by atoms with Gasteiger partial charge in [-0.25, -0.2) is 0 Å². The van der Waals surface area contributed by atoms with Crippen LogP contribution < -0.4 is 11.1 Å². The summed E-state index contributed by atoms with van der Waals surface area (Å²) in [6.45, 7) is 2.22. The first-order chi connectivity index (χ1) is 10.1. The summed E-state index contributed by atoms with van der Waals surface area (Å²) in [4.78, 5) is 15.8. The second-order valence-corrected chi connectivity index (χ2v) is 4.42. The molecule has 4 N–H and O–H groups in total. The molecule has 1 amide bonds. The third-order valence-electron chi connectivity index (χ3n) is 2.81. The largest absolute Gasteiger partial charge is 0.506 e. The predicted molar refractivity (Wildman–Crippen MR) is 81.0 cm³/mol. The zero-order chi connectivity index (χ0) is 15.2. The number of pyridine rings is 1. The van der Waals surface area contributed by atoms with Crippen molar-refractivity contribution >= 4 is 11.6 Å². The van der Waals surface area contributed by atoms with Gasteiger partial charge in [-0.15, -0.1) is 0 Å². The number of carbonyl (C=O) groups excluding carboxylic acids is 1. The summed E-state index contributed by atoms with van der Waals surface area (Å²) in [5.74, 6) is 5.34. The average molecular weight is 281 g/mol. The molecule has 0 spiro atoms. The second-order valence-electron chi connectivity index (χ2n) is 4.42. The topological polar surface area (TPSA) is 88.2 Å². The summed E-state index contributed by atoms with van der Waals surface area (Å²) in [5.41, 5.74) is 8.08. The van der Waals surface area contributed by atoms with Crippen LogP contribution in [0.1, 0.15) is 21.5 Å². The van der Waals surface area contributed by atoms with Gasteiger partial charge in [0.05, 0.1) is 18.3 Å². The van der Waals surface area contributed by atoms with Crippen LogP contribution in [0.15, 0.2) is 36.7 Å². The fourth-order valence-electron chi connectivity index (χ4n) is 1.74. The Morgan fingerprint density at radius 3 is 2.90 bits per heavy atom. The van der Waals surface area contributed by atoms with Gasteiger partial charge in [0.1, 0.15) is 5.75 Å². The lowest BCUT2D eigenvalue weighted by Crippen LogP contribution is -2.12. The van der Waals surface area contributed by atoms with Gasteiger partial charge in [0.2, 0.25) is 0 Å². The van der Waals surface area contributed by atoms with Crippen molar-refractivity contribution in [2.24, 2.45) is 5.73 Å². The van der Waals surface area contributed by atoms with E-state index in [1.165, 1.54) is 18.5 Å². The number of nitrogens with two attached hydrogens (primary N) is 1. The van der Waals surface area contributed by atoms with E-state index >= 15 is 0 Å². The van der Waals surface area contributed by atoms with E-state index in [-0.39, 0.29) is 23.8 Å². The molecular formula is C16H15N3O2. The Hall–Kier alpha value is -2.84. The third kappa shape index (κ3) is 3.81. The lowest BCUT2D eigenvalue weighted by molar-refractivity contribution is 0.102.